The summed E-state index contributed by atoms with van der Waals surface area (Å²) in [5, 5.41) is 16.3. The van der Waals surface area contributed by atoms with E-state index in [9.17, 15) is 23.1 Å². The number of amides is 2. The maximum atomic E-state index is 14.0. The number of alkyl carbamates (subject to hydrolysis) is 1. The van der Waals surface area contributed by atoms with E-state index in [4.69, 9.17) is 10.5 Å². The van der Waals surface area contributed by atoms with Crippen LogP contribution in [-0.2, 0) is 19.6 Å². The number of nitrogens with one attached hydrogen (secondary N) is 2. The van der Waals surface area contributed by atoms with Crippen molar-refractivity contribution in [3.8, 4) is 0 Å². The van der Waals surface area contributed by atoms with E-state index in [1.807, 2.05) is 88.4 Å². The van der Waals surface area contributed by atoms with Gasteiger partial charge >= 0.3 is 6.09 Å². The molecule has 256 valence electrons. The predicted octanol–water partition coefficient (Wildman–Crippen LogP) is 5.29. The molecule has 2 atom stereocenters. The van der Waals surface area contributed by atoms with Gasteiger partial charge in [0.05, 0.1) is 18.6 Å². The molecule has 3 aromatic carbocycles. The minimum absolute atomic E-state index is 0.122. The van der Waals surface area contributed by atoms with Crippen LogP contribution in [0.5, 0.6) is 0 Å². The summed E-state index contributed by atoms with van der Waals surface area (Å²) >= 11 is 0. The molecule has 3 aromatic rings. The zero-order valence-corrected chi connectivity index (χ0v) is 28.9. The van der Waals surface area contributed by atoms with Crippen LogP contribution >= 0.6 is 0 Å². The number of hydrogen-bond donors (Lipinski definition) is 4. The first-order chi connectivity index (χ1) is 22.3. The van der Waals surface area contributed by atoms with Crippen LogP contribution in [0.2, 0.25) is 0 Å². The first-order valence-electron chi connectivity index (χ1n) is 16.0. The molecule has 0 spiro atoms. The molecule has 0 fully saturated rings. The number of aliphatic hydroxyl groups excluding tert-OH is 1. The monoisotopic (exact) mass is 666 g/mol. The maximum absolute atomic E-state index is 14.0. The van der Waals surface area contributed by atoms with Crippen molar-refractivity contribution in [1.29, 1.82) is 0 Å². The maximum Gasteiger partial charge on any atom is 0.407 e. The minimum atomic E-state index is -3.90. The van der Waals surface area contributed by atoms with Crippen molar-refractivity contribution < 1.29 is 27.9 Å². The van der Waals surface area contributed by atoms with E-state index in [0.29, 0.717) is 31.4 Å². The van der Waals surface area contributed by atoms with Crippen LogP contribution in [0.25, 0.3) is 0 Å². The van der Waals surface area contributed by atoms with Gasteiger partial charge in [0.1, 0.15) is 6.04 Å². The van der Waals surface area contributed by atoms with Crippen LogP contribution in [0.4, 0.5) is 10.5 Å². The van der Waals surface area contributed by atoms with E-state index in [-0.39, 0.29) is 29.9 Å². The molecule has 0 aromatic heterocycles. The largest absolute Gasteiger partial charge is 0.453 e. The molecular weight excluding hydrogens is 616 g/mol. The first kappa shape index (κ1) is 37.5. The number of rotatable bonds is 17. The second-order valence-corrected chi connectivity index (χ2v) is 14.8. The Morgan fingerprint density at radius 2 is 1.47 bits per heavy atom. The van der Waals surface area contributed by atoms with Crippen molar-refractivity contribution in [2.24, 2.45) is 5.92 Å². The molecule has 47 heavy (non-hydrogen) atoms. The number of nitrogens with zero attached hydrogens (tertiary/aromatic N) is 1. The fourth-order valence-corrected chi connectivity index (χ4v) is 7.28. The molecule has 0 heterocycles. The summed E-state index contributed by atoms with van der Waals surface area (Å²) in [6.45, 7) is 7.73. The average Bonchev–Trinajstić information content (AvgIpc) is 3.04. The van der Waals surface area contributed by atoms with Gasteiger partial charge in [-0.15, -0.1) is 0 Å². The standard InChI is InChI=1S/C36H50N4O6S/c1-26(2)22-24-40(47(44,45)31-20-18-29(37)19-21-31)30(25-41)17-12-23-36(3,4)39-34(42)33(38-35(43)46-5)32(27-13-8-6-9-14-27)28-15-10-7-11-16-28/h6-11,13-16,18-21,26,30,32-33,41H,12,17,22-25,37H2,1-5H3,(H,38,43)(H,39,42)/t30-,33-/m0/s1. The van der Waals surface area contributed by atoms with Crippen LogP contribution in [0.15, 0.2) is 89.8 Å². The van der Waals surface area contributed by atoms with Crippen molar-refractivity contribution in [3.05, 3.63) is 96.1 Å². The molecule has 3 rings (SSSR count). The Labute approximate surface area is 279 Å². The predicted molar refractivity (Wildman–Crippen MR) is 185 cm³/mol. The van der Waals surface area contributed by atoms with Gasteiger partial charge in [0.25, 0.3) is 0 Å². The summed E-state index contributed by atoms with van der Waals surface area (Å²) in [5.74, 6) is -0.629. The molecule has 0 aliphatic carbocycles. The van der Waals surface area contributed by atoms with E-state index in [1.54, 1.807) is 12.1 Å². The average molecular weight is 667 g/mol. The summed E-state index contributed by atoms with van der Waals surface area (Å²) in [6.07, 6.45) is 1.29. The molecule has 0 bridgehead atoms. The van der Waals surface area contributed by atoms with Gasteiger partial charge in [-0.1, -0.05) is 74.5 Å². The van der Waals surface area contributed by atoms with Crippen molar-refractivity contribution in [3.63, 3.8) is 0 Å². The normalized spacial score (nSPS) is 13.4. The van der Waals surface area contributed by atoms with Crippen molar-refractivity contribution in [2.45, 2.75) is 81.8 Å². The Kier molecular flexibility index (Phi) is 13.8. The Morgan fingerprint density at radius 1 is 0.915 bits per heavy atom. The van der Waals surface area contributed by atoms with Gasteiger partial charge < -0.3 is 26.2 Å². The number of carbonyl (C=O) groups is 2. The lowest BCUT2D eigenvalue weighted by Crippen LogP contribution is -2.55. The van der Waals surface area contributed by atoms with Crippen LogP contribution in [0.1, 0.15) is 70.4 Å². The Morgan fingerprint density at radius 3 is 1.96 bits per heavy atom. The zero-order chi connectivity index (χ0) is 34.6. The van der Waals surface area contributed by atoms with Crippen LogP contribution in [-0.4, -0.2) is 67.7 Å². The summed E-state index contributed by atoms with van der Waals surface area (Å²) in [7, 11) is -2.65. The van der Waals surface area contributed by atoms with Gasteiger partial charge in [-0.25, -0.2) is 13.2 Å². The molecule has 0 aliphatic rings. The third-order valence-corrected chi connectivity index (χ3v) is 10.2. The van der Waals surface area contributed by atoms with Crippen LogP contribution in [0.3, 0.4) is 0 Å². The molecule has 0 saturated carbocycles. The number of carbonyl (C=O) groups excluding carboxylic acids is 2. The molecule has 5 N–H and O–H groups in total. The molecule has 11 heteroatoms. The summed E-state index contributed by atoms with van der Waals surface area (Å²) in [5.41, 5.74) is 7.22. The summed E-state index contributed by atoms with van der Waals surface area (Å²) in [4.78, 5) is 26.6. The number of hydrogen-bond acceptors (Lipinski definition) is 7. The lowest BCUT2D eigenvalue weighted by Gasteiger charge is -2.34. The smallest absolute Gasteiger partial charge is 0.407 e. The third kappa shape index (κ3) is 10.8. The van der Waals surface area contributed by atoms with E-state index in [1.165, 1.54) is 23.5 Å². The quantitative estimate of drug-likeness (QED) is 0.143. The van der Waals surface area contributed by atoms with E-state index < -0.39 is 39.7 Å². The van der Waals surface area contributed by atoms with Gasteiger partial charge in [0.15, 0.2) is 0 Å². The Balaban J connectivity index is 1.80. The SMILES string of the molecule is COC(=O)N[C@H](C(=O)NC(C)(C)CCC[C@@H](CO)N(CCC(C)C)S(=O)(=O)c1ccc(N)cc1)C(c1ccccc1)c1ccccc1. The Hall–Kier alpha value is -3.93. The number of nitrogen functional groups attached to an aromatic ring is 1. The van der Waals surface area contributed by atoms with E-state index in [2.05, 4.69) is 10.6 Å². The highest BCUT2D eigenvalue weighted by Crippen LogP contribution is 2.30. The number of nitrogens with two attached hydrogens (primary N) is 1. The Bertz CT molecular complexity index is 1480. The number of aliphatic hydroxyl groups is 1. The first-order valence-corrected chi connectivity index (χ1v) is 17.5. The second kappa shape index (κ2) is 17.3. The molecule has 10 nitrogen and oxygen atoms in total. The van der Waals surface area contributed by atoms with Crippen molar-refractivity contribution >= 4 is 27.7 Å². The van der Waals surface area contributed by atoms with E-state index >= 15 is 0 Å². The lowest BCUT2D eigenvalue weighted by molar-refractivity contribution is -0.125. The number of ether oxygens (including phenoxy) is 1. The van der Waals surface area contributed by atoms with Gasteiger partial charge in [0, 0.05) is 29.7 Å². The molecule has 0 radical (unpaired) electrons. The molecule has 0 saturated heterocycles. The highest BCUT2D eigenvalue weighted by molar-refractivity contribution is 7.89. The highest BCUT2D eigenvalue weighted by atomic mass is 32.2. The number of benzene rings is 3. The third-order valence-electron chi connectivity index (χ3n) is 8.22. The molecular formula is C36H50N4O6S. The van der Waals surface area contributed by atoms with Gasteiger partial charge in [-0.05, 0) is 80.8 Å². The number of methoxy groups -OCH3 is 1. The van der Waals surface area contributed by atoms with Crippen molar-refractivity contribution in [1.82, 2.24) is 14.9 Å². The highest BCUT2D eigenvalue weighted by Gasteiger charge is 2.36. The topological polar surface area (TPSA) is 151 Å². The number of anilines is 1. The second-order valence-electron chi connectivity index (χ2n) is 12.9. The van der Waals surface area contributed by atoms with Crippen molar-refractivity contribution in [2.75, 3.05) is 26.0 Å². The van der Waals surface area contributed by atoms with E-state index in [0.717, 1.165) is 11.1 Å². The zero-order valence-electron chi connectivity index (χ0n) is 28.1. The van der Waals surface area contributed by atoms with Crippen LogP contribution in [0, 0.1) is 5.92 Å². The van der Waals surface area contributed by atoms with Crippen LogP contribution < -0.4 is 16.4 Å². The fraction of sp³-hybridized carbons (Fsp3) is 0.444. The lowest BCUT2D eigenvalue weighted by atomic mass is 9.84. The van der Waals surface area contributed by atoms with Gasteiger partial charge in [0.2, 0.25) is 15.9 Å². The molecule has 0 unspecified atom stereocenters. The molecule has 0 aliphatic heterocycles. The van der Waals surface area contributed by atoms with Gasteiger partial charge in [-0.2, -0.15) is 4.31 Å². The summed E-state index contributed by atoms with van der Waals surface area (Å²) < 4.78 is 33.7. The fourth-order valence-electron chi connectivity index (χ4n) is 5.62. The molecule has 2 amide bonds. The minimum Gasteiger partial charge on any atom is -0.453 e. The van der Waals surface area contributed by atoms with Gasteiger partial charge in [-0.3, -0.25) is 4.79 Å². The number of sulfonamides is 1. The summed E-state index contributed by atoms with van der Waals surface area (Å²) in [6, 6.07) is 23.4.